The van der Waals surface area contributed by atoms with Gasteiger partial charge in [0, 0.05) is 10.0 Å². The molecule has 0 bridgehead atoms. The highest BCUT2D eigenvalue weighted by molar-refractivity contribution is 9.10. The van der Waals surface area contributed by atoms with Crippen LogP contribution in [0.3, 0.4) is 0 Å². The molecule has 0 aromatic heterocycles. The van der Waals surface area contributed by atoms with Crippen LogP contribution in [-0.2, 0) is 15.8 Å². The number of ether oxygens (including phenoxy) is 1. The lowest BCUT2D eigenvalue weighted by Gasteiger charge is -2.10. The van der Waals surface area contributed by atoms with Crippen molar-refractivity contribution in [2.24, 2.45) is 5.14 Å². The second-order valence-corrected chi connectivity index (χ2v) is 5.94. The van der Waals surface area contributed by atoms with Crippen LogP contribution in [0.15, 0.2) is 22.7 Å². The van der Waals surface area contributed by atoms with E-state index in [1.54, 1.807) is 18.2 Å². The Labute approximate surface area is 104 Å². The molecule has 0 spiro atoms. The molecule has 1 rings (SSSR count). The van der Waals surface area contributed by atoms with E-state index in [0.29, 0.717) is 17.9 Å². The average Bonchev–Trinajstić information content (AvgIpc) is 2.14. The largest absolute Gasteiger partial charge is 0.493 e. The first-order valence-electron chi connectivity index (χ1n) is 4.84. The molecular weight excluding hydrogens is 294 g/mol. The Kier molecular flexibility index (Phi) is 4.76. The molecule has 0 saturated heterocycles. The molecule has 0 aliphatic rings. The van der Waals surface area contributed by atoms with Gasteiger partial charge in [0.2, 0.25) is 10.0 Å². The van der Waals surface area contributed by atoms with Crippen LogP contribution < -0.4 is 9.88 Å². The second kappa shape index (κ2) is 5.65. The van der Waals surface area contributed by atoms with Crippen molar-refractivity contribution in [2.45, 2.75) is 19.1 Å². The average molecular weight is 308 g/mol. The standard InChI is InChI=1S/C10H14BrNO3S/c1-2-5-15-10-4-3-9(11)6-8(10)7-16(12,13)14/h3-4,6H,2,5,7H2,1H3,(H2,12,13,14). The molecule has 0 aliphatic carbocycles. The molecule has 1 aromatic carbocycles. The number of nitrogens with two attached hydrogens (primary N) is 1. The summed E-state index contributed by atoms with van der Waals surface area (Å²) in [6.45, 7) is 2.54. The summed E-state index contributed by atoms with van der Waals surface area (Å²) in [5, 5.41) is 5.02. The fraction of sp³-hybridized carbons (Fsp3) is 0.400. The van der Waals surface area contributed by atoms with Crippen LogP contribution in [0.2, 0.25) is 0 Å². The number of benzene rings is 1. The second-order valence-electron chi connectivity index (χ2n) is 3.41. The molecule has 0 atom stereocenters. The van der Waals surface area contributed by atoms with E-state index in [-0.39, 0.29) is 5.75 Å². The van der Waals surface area contributed by atoms with Crippen molar-refractivity contribution in [3.05, 3.63) is 28.2 Å². The molecule has 0 aliphatic heterocycles. The van der Waals surface area contributed by atoms with E-state index >= 15 is 0 Å². The van der Waals surface area contributed by atoms with E-state index in [1.165, 1.54) is 0 Å². The van der Waals surface area contributed by atoms with Gasteiger partial charge in [-0.05, 0) is 24.6 Å². The van der Waals surface area contributed by atoms with E-state index in [1.807, 2.05) is 6.92 Å². The van der Waals surface area contributed by atoms with E-state index in [2.05, 4.69) is 15.9 Å². The first kappa shape index (κ1) is 13.5. The topological polar surface area (TPSA) is 69.4 Å². The SMILES string of the molecule is CCCOc1ccc(Br)cc1CS(N)(=O)=O. The van der Waals surface area contributed by atoms with Crippen LogP contribution in [0, 0.1) is 0 Å². The first-order chi connectivity index (χ1) is 7.42. The Morgan fingerprint density at radius 1 is 1.44 bits per heavy atom. The highest BCUT2D eigenvalue weighted by Gasteiger charge is 2.11. The highest BCUT2D eigenvalue weighted by atomic mass is 79.9. The van der Waals surface area contributed by atoms with Crippen molar-refractivity contribution in [3.63, 3.8) is 0 Å². The lowest BCUT2D eigenvalue weighted by atomic mass is 10.2. The molecule has 4 nitrogen and oxygen atoms in total. The van der Waals surface area contributed by atoms with Crippen LogP contribution in [-0.4, -0.2) is 15.0 Å². The van der Waals surface area contributed by atoms with Crippen LogP contribution >= 0.6 is 15.9 Å². The molecule has 90 valence electrons. The number of hydrogen-bond acceptors (Lipinski definition) is 3. The number of rotatable bonds is 5. The lowest BCUT2D eigenvalue weighted by Crippen LogP contribution is -2.15. The quantitative estimate of drug-likeness (QED) is 0.905. The Morgan fingerprint density at radius 3 is 2.69 bits per heavy atom. The Morgan fingerprint density at radius 2 is 2.12 bits per heavy atom. The lowest BCUT2D eigenvalue weighted by molar-refractivity contribution is 0.315. The van der Waals surface area contributed by atoms with Gasteiger partial charge in [-0.1, -0.05) is 22.9 Å². The van der Waals surface area contributed by atoms with Crippen LogP contribution in [0.5, 0.6) is 5.75 Å². The molecule has 2 N–H and O–H groups in total. The fourth-order valence-electron chi connectivity index (χ4n) is 1.23. The maximum atomic E-state index is 11.0. The zero-order valence-corrected chi connectivity index (χ0v) is 11.3. The van der Waals surface area contributed by atoms with Crippen LogP contribution in [0.25, 0.3) is 0 Å². The van der Waals surface area contributed by atoms with Crippen molar-refractivity contribution in [3.8, 4) is 5.75 Å². The van der Waals surface area contributed by atoms with E-state index < -0.39 is 10.0 Å². The normalized spacial score (nSPS) is 11.4. The summed E-state index contributed by atoms with van der Waals surface area (Å²) < 4.78 is 28.3. The summed E-state index contributed by atoms with van der Waals surface area (Å²) in [4.78, 5) is 0. The van der Waals surface area contributed by atoms with Crippen molar-refractivity contribution in [1.82, 2.24) is 0 Å². The number of hydrogen-bond donors (Lipinski definition) is 1. The van der Waals surface area contributed by atoms with Gasteiger partial charge in [0.25, 0.3) is 0 Å². The van der Waals surface area contributed by atoms with Gasteiger partial charge in [-0.2, -0.15) is 0 Å². The summed E-state index contributed by atoms with van der Waals surface area (Å²) in [5.74, 6) is 0.352. The van der Waals surface area contributed by atoms with Gasteiger partial charge in [-0.25, -0.2) is 13.6 Å². The summed E-state index contributed by atoms with van der Waals surface area (Å²) in [7, 11) is -3.54. The minimum absolute atomic E-state index is 0.217. The maximum Gasteiger partial charge on any atom is 0.213 e. The predicted octanol–water partition coefficient (Wildman–Crippen LogP) is 2.03. The molecule has 6 heteroatoms. The summed E-state index contributed by atoms with van der Waals surface area (Å²) in [6, 6.07) is 5.24. The zero-order chi connectivity index (χ0) is 12.2. The molecule has 0 unspecified atom stereocenters. The van der Waals surface area contributed by atoms with E-state index in [0.717, 1.165) is 10.9 Å². The predicted molar refractivity (Wildman–Crippen MR) is 66.7 cm³/mol. The Bertz CT molecular complexity index is 459. The minimum atomic E-state index is -3.54. The molecule has 0 heterocycles. The van der Waals surface area contributed by atoms with Crippen molar-refractivity contribution in [1.29, 1.82) is 0 Å². The Balaban J connectivity index is 2.98. The highest BCUT2D eigenvalue weighted by Crippen LogP contribution is 2.24. The smallest absolute Gasteiger partial charge is 0.213 e. The van der Waals surface area contributed by atoms with Gasteiger partial charge in [-0.15, -0.1) is 0 Å². The number of halogens is 1. The molecule has 0 radical (unpaired) electrons. The monoisotopic (exact) mass is 307 g/mol. The third-order valence-electron chi connectivity index (χ3n) is 1.84. The number of sulfonamides is 1. The molecular formula is C10H14BrNO3S. The third kappa shape index (κ3) is 4.51. The molecule has 16 heavy (non-hydrogen) atoms. The van der Waals surface area contributed by atoms with Gasteiger partial charge in [-0.3, -0.25) is 0 Å². The molecule has 0 fully saturated rings. The summed E-state index contributed by atoms with van der Waals surface area (Å²) in [6.07, 6.45) is 0.866. The fourth-order valence-corrected chi connectivity index (χ4v) is 2.30. The van der Waals surface area contributed by atoms with Gasteiger partial charge in [0.05, 0.1) is 12.4 Å². The first-order valence-corrected chi connectivity index (χ1v) is 7.35. The number of primary sulfonamides is 1. The minimum Gasteiger partial charge on any atom is -0.493 e. The van der Waals surface area contributed by atoms with Gasteiger partial charge in [0.15, 0.2) is 0 Å². The third-order valence-corrected chi connectivity index (χ3v) is 3.05. The Hall–Kier alpha value is -0.590. The zero-order valence-electron chi connectivity index (χ0n) is 8.94. The van der Waals surface area contributed by atoms with Crippen LogP contribution in [0.4, 0.5) is 0 Å². The molecule has 1 aromatic rings. The van der Waals surface area contributed by atoms with Crippen molar-refractivity contribution >= 4 is 26.0 Å². The van der Waals surface area contributed by atoms with Gasteiger partial charge in [0.1, 0.15) is 5.75 Å². The van der Waals surface area contributed by atoms with E-state index in [4.69, 9.17) is 9.88 Å². The van der Waals surface area contributed by atoms with Gasteiger partial charge >= 0.3 is 0 Å². The maximum absolute atomic E-state index is 11.0. The summed E-state index contributed by atoms with van der Waals surface area (Å²) >= 11 is 3.28. The van der Waals surface area contributed by atoms with Crippen molar-refractivity contribution in [2.75, 3.05) is 6.61 Å². The van der Waals surface area contributed by atoms with E-state index in [9.17, 15) is 8.42 Å². The van der Waals surface area contributed by atoms with Crippen molar-refractivity contribution < 1.29 is 13.2 Å². The summed E-state index contributed by atoms with van der Waals surface area (Å²) in [5.41, 5.74) is 0.574. The molecule has 0 amide bonds. The molecule has 0 saturated carbocycles. The van der Waals surface area contributed by atoms with Gasteiger partial charge < -0.3 is 4.74 Å². The van der Waals surface area contributed by atoms with Crippen LogP contribution in [0.1, 0.15) is 18.9 Å².